The molecule has 1 aliphatic rings. The second-order valence-electron chi connectivity index (χ2n) is 5.84. The first kappa shape index (κ1) is 20.2. The number of aryl methyl sites for hydroxylation is 1. The molecule has 1 saturated heterocycles. The van der Waals surface area contributed by atoms with Gasteiger partial charge in [-0.1, -0.05) is 6.07 Å². The number of allylic oxidation sites excluding steroid dienone is 1. The number of aliphatic hydroxyl groups excluding tert-OH is 1. The minimum absolute atomic E-state index is 0.771. The van der Waals surface area contributed by atoms with Crippen molar-refractivity contribution in [2.45, 2.75) is 19.4 Å². The van der Waals surface area contributed by atoms with Crippen molar-refractivity contribution < 1.29 is 5.11 Å². The van der Waals surface area contributed by atoms with Crippen LogP contribution in [0.4, 0.5) is 0 Å². The van der Waals surface area contributed by atoms with E-state index in [0.29, 0.717) is 0 Å². The molecule has 0 saturated carbocycles. The van der Waals surface area contributed by atoms with Gasteiger partial charge in [0.25, 0.3) is 0 Å². The molecule has 2 N–H and O–H groups in total. The molecule has 0 aliphatic carbocycles. The third-order valence-corrected chi connectivity index (χ3v) is 4.71. The summed E-state index contributed by atoms with van der Waals surface area (Å²) in [6.07, 6.45) is 14.3. The average Bonchev–Trinajstić information content (AvgIpc) is 3.32. The molecule has 26 heavy (non-hydrogen) atoms. The summed E-state index contributed by atoms with van der Waals surface area (Å²) in [5.74, 6) is 0. The predicted molar refractivity (Wildman–Crippen MR) is 108 cm³/mol. The van der Waals surface area contributed by atoms with Crippen LogP contribution >= 0.6 is 15.9 Å². The highest BCUT2D eigenvalue weighted by atomic mass is 79.9. The summed E-state index contributed by atoms with van der Waals surface area (Å²) in [6.45, 7) is 2.98. The van der Waals surface area contributed by atoms with Crippen LogP contribution in [0.25, 0.3) is 6.08 Å². The van der Waals surface area contributed by atoms with E-state index < -0.39 is 0 Å². The monoisotopic (exact) mass is 419 g/mol. The molecule has 0 bridgehead atoms. The lowest BCUT2D eigenvalue weighted by Crippen LogP contribution is -2.18. The number of hydrogen-bond donors (Lipinski definition) is 2. The molecule has 3 rings (SSSR count). The summed E-state index contributed by atoms with van der Waals surface area (Å²) >= 11 is 3.57. The van der Waals surface area contributed by atoms with E-state index in [1.807, 2.05) is 36.4 Å². The fraction of sp³-hybridized carbons (Fsp3) is 0.368. The quantitative estimate of drug-likeness (QED) is 0.704. The number of aliphatic hydroxyl groups is 1. The van der Waals surface area contributed by atoms with Crippen molar-refractivity contribution in [3.05, 3.63) is 64.4 Å². The molecule has 0 aromatic carbocycles. The van der Waals surface area contributed by atoms with Gasteiger partial charge in [0.15, 0.2) is 0 Å². The molecule has 0 atom stereocenters. The molecule has 0 amide bonds. The van der Waals surface area contributed by atoms with E-state index in [1.54, 1.807) is 6.20 Å². The van der Waals surface area contributed by atoms with Crippen LogP contribution in [-0.4, -0.2) is 45.0 Å². The molecule has 1 fully saturated rings. The zero-order valence-corrected chi connectivity index (χ0v) is 16.9. The lowest BCUT2D eigenvalue weighted by atomic mass is 10.2. The van der Waals surface area contributed by atoms with Gasteiger partial charge < -0.3 is 15.3 Å². The third-order valence-electron chi connectivity index (χ3n) is 4.09. The Hall–Kier alpha value is -2.12. The van der Waals surface area contributed by atoms with Crippen LogP contribution in [0.2, 0.25) is 0 Å². The van der Waals surface area contributed by atoms with Gasteiger partial charge in [-0.25, -0.2) is 0 Å². The summed E-state index contributed by atoms with van der Waals surface area (Å²) in [5, 5.41) is 14.6. The standard InChI is InChI=1S/C18H22BrN5.CH4O/c1-23-18(17(19)14-22-23)11-16(24-9-2-3-10-24)6-8-21-13-15-5-4-7-20-12-15;1-2/h4-8,11-12,14,21H,2-3,9-10,13H2,1H3;2H,1H3/b8-6+,16-11+;. The summed E-state index contributed by atoms with van der Waals surface area (Å²) in [6, 6.07) is 4.02. The number of hydrogen-bond acceptors (Lipinski definition) is 5. The second kappa shape index (κ2) is 10.8. The molecule has 3 heterocycles. The maximum absolute atomic E-state index is 7.00. The molecule has 1 aliphatic heterocycles. The van der Waals surface area contributed by atoms with Gasteiger partial charge in [-0.3, -0.25) is 9.67 Å². The Morgan fingerprint density at radius 1 is 1.31 bits per heavy atom. The molecular formula is C19H26BrN5O. The SMILES string of the molecule is CO.Cn1ncc(Br)c1/C=C(\C=C\NCc1cccnc1)N1CCCC1. The predicted octanol–water partition coefficient (Wildman–Crippen LogP) is 2.93. The lowest BCUT2D eigenvalue weighted by molar-refractivity contribution is 0.399. The van der Waals surface area contributed by atoms with Crippen LogP contribution < -0.4 is 5.32 Å². The highest BCUT2D eigenvalue weighted by Crippen LogP contribution is 2.22. The molecule has 0 radical (unpaired) electrons. The van der Waals surface area contributed by atoms with Crippen LogP contribution in [-0.2, 0) is 13.6 Å². The smallest absolute Gasteiger partial charge is 0.0769 e. The first-order valence-corrected chi connectivity index (χ1v) is 9.41. The van der Waals surface area contributed by atoms with E-state index >= 15 is 0 Å². The molecule has 0 spiro atoms. The van der Waals surface area contributed by atoms with Gasteiger partial charge in [0, 0.05) is 51.9 Å². The van der Waals surface area contributed by atoms with Gasteiger partial charge in [-0.2, -0.15) is 5.10 Å². The molecule has 2 aromatic heterocycles. The van der Waals surface area contributed by atoms with Crippen molar-refractivity contribution >= 4 is 22.0 Å². The highest BCUT2D eigenvalue weighted by Gasteiger charge is 2.14. The van der Waals surface area contributed by atoms with Crippen molar-refractivity contribution in [3.8, 4) is 0 Å². The highest BCUT2D eigenvalue weighted by molar-refractivity contribution is 9.10. The minimum atomic E-state index is 0.771. The van der Waals surface area contributed by atoms with E-state index in [4.69, 9.17) is 5.11 Å². The molecular weight excluding hydrogens is 394 g/mol. The Labute approximate surface area is 163 Å². The fourth-order valence-electron chi connectivity index (χ4n) is 2.77. The summed E-state index contributed by atoms with van der Waals surface area (Å²) < 4.78 is 2.90. The molecule has 140 valence electrons. The van der Waals surface area contributed by atoms with Crippen LogP contribution in [0.15, 0.2) is 53.2 Å². The van der Waals surface area contributed by atoms with Crippen molar-refractivity contribution in [3.63, 3.8) is 0 Å². The average molecular weight is 420 g/mol. The maximum Gasteiger partial charge on any atom is 0.0769 e. The number of aromatic nitrogens is 3. The van der Waals surface area contributed by atoms with E-state index in [2.05, 4.69) is 54.4 Å². The van der Waals surface area contributed by atoms with Crippen LogP contribution in [0.5, 0.6) is 0 Å². The largest absolute Gasteiger partial charge is 0.400 e. The van der Waals surface area contributed by atoms with Gasteiger partial charge in [0.1, 0.15) is 0 Å². The van der Waals surface area contributed by atoms with Crippen molar-refractivity contribution in [1.29, 1.82) is 0 Å². The zero-order valence-electron chi connectivity index (χ0n) is 15.3. The van der Waals surface area contributed by atoms with E-state index in [1.165, 1.54) is 24.1 Å². The molecule has 7 heteroatoms. The second-order valence-corrected chi connectivity index (χ2v) is 6.69. The Bertz CT molecular complexity index is 701. The first-order chi connectivity index (χ1) is 12.7. The Kier molecular flexibility index (Phi) is 8.37. The summed E-state index contributed by atoms with van der Waals surface area (Å²) in [5.41, 5.74) is 3.45. The Balaban J connectivity index is 0.00000117. The molecule has 0 unspecified atom stereocenters. The Morgan fingerprint density at radius 2 is 2.08 bits per heavy atom. The summed E-state index contributed by atoms with van der Waals surface area (Å²) in [7, 11) is 2.96. The fourth-order valence-corrected chi connectivity index (χ4v) is 3.23. The molecule has 2 aromatic rings. The number of pyridine rings is 1. The van der Waals surface area contributed by atoms with Crippen molar-refractivity contribution in [1.82, 2.24) is 25.0 Å². The number of nitrogens with one attached hydrogen (secondary N) is 1. The zero-order chi connectivity index (χ0) is 18.8. The topological polar surface area (TPSA) is 66.2 Å². The normalized spacial score (nSPS) is 14.5. The first-order valence-electron chi connectivity index (χ1n) is 8.62. The van der Waals surface area contributed by atoms with Crippen LogP contribution in [0, 0.1) is 0 Å². The summed E-state index contributed by atoms with van der Waals surface area (Å²) in [4.78, 5) is 6.55. The van der Waals surface area contributed by atoms with Crippen LogP contribution in [0.1, 0.15) is 24.1 Å². The van der Waals surface area contributed by atoms with Crippen molar-refractivity contribution in [2.24, 2.45) is 7.05 Å². The van der Waals surface area contributed by atoms with Gasteiger partial charge in [0.2, 0.25) is 0 Å². The minimum Gasteiger partial charge on any atom is -0.400 e. The number of nitrogens with zero attached hydrogens (tertiary/aromatic N) is 4. The van der Waals surface area contributed by atoms with E-state index in [-0.39, 0.29) is 0 Å². The van der Waals surface area contributed by atoms with Gasteiger partial charge in [-0.05, 0) is 58.8 Å². The van der Waals surface area contributed by atoms with E-state index in [9.17, 15) is 0 Å². The van der Waals surface area contributed by atoms with Gasteiger partial charge >= 0.3 is 0 Å². The van der Waals surface area contributed by atoms with Gasteiger partial charge in [-0.15, -0.1) is 0 Å². The number of rotatable bonds is 6. The maximum atomic E-state index is 7.00. The number of likely N-dealkylation sites (tertiary alicyclic amines) is 1. The van der Waals surface area contributed by atoms with Crippen molar-refractivity contribution in [2.75, 3.05) is 20.2 Å². The van der Waals surface area contributed by atoms with E-state index in [0.717, 1.165) is 36.9 Å². The Morgan fingerprint density at radius 3 is 2.69 bits per heavy atom. The van der Waals surface area contributed by atoms with Gasteiger partial charge in [0.05, 0.1) is 16.4 Å². The van der Waals surface area contributed by atoms with Crippen LogP contribution in [0.3, 0.4) is 0 Å². The third kappa shape index (κ3) is 5.71. The number of halogens is 1. The lowest BCUT2D eigenvalue weighted by Gasteiger charge is -2.19. The molecule has 6 nitrogen and oxygen atoms in total.